The molecule has 0 atom stereocenters. The second kappa shape index (κ2) is 9.57. The Morgan fingerprint density at radius 1 is 0.720 bits per heavy atom. The molecule has 0 spiro atoms. The zero-order valence-electron chi connectivity index (χ0n) is 14.5. The number of carbonyl (C=O) groups is 2. The van der Waals surface area contributed by atoms with Crippen LogP contribution in [0.15, 0.2) is 48.5 Å². The molecule has 0 bridgehead atoms. The highest BCUT2D eigenvalue weighted by Crippen LogP contribution is 2.12. The van der Waals surface area contributed by atoms with Crippen LogP contribution in [0.3, 0.4) is 0 Å². The van der Waals surface area contributed by atoms with Gasteiger partial charge in [0, 0.05) is 0 Å². The Hall–Kier alpha value is -2.69. The zero-order chi connectivity index (χ0) is 18.1. The van der Waals surface area contributed by atoms with Gasteiger partial charge in [0.1, 0.15) is 11.5 Å². The van der Waals surface area contributed by atoms with Crippen molar-refractivity contribution in [2.45, 2.75) is 12.6 Å². The number of hydrogen-bond acceptors (Lipinski definition) is 5. The third-order valence-electron chi connectivity index (χ3n) is 3.78. The summed E-state index contributed by atoms with van der Waals surface area (Å²) < 4.78 is 15.0. The van der Waals surface area contributed by atoms with Crippen LogP contribution in [0.1, 0.15) is 11.1 Å². The molecule has 5 nitrogen and oxygen atoms in total. The Kier molecular flexibility index (Phi) is 7.14. The van der Waals surface area contributed by atoms with Crippen molar-refractivity contribution in [2.24, 2.45) is 0 Å². The fourth-order valence-corrected chi connectivity index (χ4v) is 2.31. The molecule has 0 fully saturated rings. The number of carbonyl (C=O) groups excluding carboxylic acids is 2. The fraction of sp³-hybridized carbons (Fsp3) is 0.222. The van der Waals surface area contributed by atoms with Crippen LogP contribution in [0.25, 0.3) is 0 Å². The summed E-state index contributed by atoms with van der Waals surface area (Å²) in [5.41, 5.74) is 1.98. The summed E-state index contributed by atoms with van der Waals surface area (Å²) in [6.07, 6.45) is 1.04. The summed E-state index contributed by atoms with van der Waals surface area (Å²) in [7, 11) is 3.54. The monoisotopic (exact) mass is 338 g/mol. The van der Waals surface area contributed by atoms with Crippen molar-refractivity contribution in [3.63, 3.8) is 0 Å². The van der Waals surface area contributed by atoms with Crippen LogP contribution in [0.4, 0.5) is 9.59 Å². The maximum atomic E-state index is 11.8. The molecule has 0 saturated heterocycles. The van der Waals surface area contributed by atoms with Crippen LogP contribution in [0, 0.1) is 0 Å². The maximum absolute atomic E-state index is 11.8. The molecule has 0 aromatic heterocycles. The van der Waals surface area contributed by atoms with Crippen molar-refractivity contribution in [1.29, 1.82) is 0 Å². The molecule has 128 valence electrons. The van der Waals surface area contributed by atoms with Crippen LogP contribution in [-0.2, 0) is 17.4 Å². The molecule has 0 amide bonds. The first-order valence-corrected chi connectivity index (χ1v) is 8.10. The molecule has 0 aliphatic rings. The van der Waals surface area contributed by atoms with E-state index in [9.17, 15) is 9.59 Å². The second-order valence-electron chi connectivity index (χ2n) is 5.54. The molecule has 2 aromatic rings. The smallest absolute Gasteiger partial charge is 0.265 e. The highest BCUT2D eigenvalue weighted by atomic mass is 16.6. The predicted molar refractivity (Wildman–Crippen MR) is 99.6 cm³/mol. The van der Waals surface area contributed by atoms with Gasteiger partial charge in [-0.3, -0.25) is 9.59 Å². The largest absolute Gasteiger partial charge is 0.497 e. The van der Waals surface area contributed by atoms with Gasteiger partial charge in [-0.25, -0.2) is 0 Å². The number of rotatable bonds is 8. The van der Waals surface area contributed by atoms with Gasteiger partial charge in [0.2, 0.25) is 0 Å². The number of ether oxygens (including phenoxy) is 3. The topological polar surface area (TPSA) is 61.8 Å². The summed E-state index contributed by atoms with van der Waals surface area (Å²) in [5.74, 6) is 0.520. The fourth-order valence-electron chi connectivity index (χ4n) is 2.31. The van der Waals surface area contributed by atoms with E-state index in [0.717, 1.165) is 22.6 Å². The zero-order valence-corrected chi connectivity index (χ0v) is 14.5. The van der Waals surface area contributed by atoms with Crippen LogP contribution in [0.5, 0.6) is 11.5 Å². The second-order valence-corrected chi connectivity index (χ2v) is 5.54. The van der Waals surface area contributed by atoms with E-state index in [1.165, 1.54) is 0 Å². The third-order valence-corrected chi connectivity index (χ3v) is 3.78. The van der Waals surface area contributed by atoms with Crippen LogP contribution < -0.4 is 9.47 Å². The first-order valence-electron chi connectivity index (χ1n) is 8.10. The summed E-state index contributed by atoms with van der Waals surface area (Å²) in [5, 5.41) is 0. The Morgan fingerprint density at radius 2 is 1.08 bits per heavy atom. The predicted octanol–water partition coefficient (Wildman–Crippen LogP) is 2.53. The van der Waals surface area contributed by atoms with E-state index in [4.69, 9.17) is 14.2 Å². The van der Waals surface area contributed by atoms with Crippen molar-refractivity contribution in [1.82, 2.24) is 0 Å². The van der Waals surface area contributed by atoms with E-state index in [1.54, 1.807) is 14.2 Å². The van der Waals surface area contributed by atoms with E-state index in [-0.39, 0.29) is 14.6 Å². The molecule has 0 unspecified atom stereocenters. The molecule has 0 aliphatic heterocycles. The molecule has 2 aromatic carbocycles. The van der Waals surface area contributed by atoms with E-state index >= 15 is 0 Å². The van der Waals surface area contributed by atoms with Gasteiger partial charge in [-0.2, -0.15) is 0 Å². The first-order chi connectivity index (χ1) is 12.1. The Balaban J connectivity index is 1.70. The first kappa shape index (κ1) is 18.6. The average molecular weight is 338 g/mol. The molecule has 25 heavy (non-hydrogen) atoms. The van der Waals surface area contributed by atoms with Crippen LogP contribution in [-0.4, -0.2) is 40.5 Å². The Morgan fingerprint density at radius 3 is 1.40 bits per heavy atom. The minimum Gasteiger partial charge on any atom is -0.497 e. The van der Waals surface area contributed by atoms with Gasteiger partial charge >= 0.3 is 0 Å². The van der Waals surface area contributed by atoms with Gasteiger partial charge in [0.25, 0.3) is 26.3 Å². The van der Waals surface area contributed by atoms with Gasteiger partial charge in [0.05, 0.1) is 14.2 Å². The van der Waals surface area contributed by atoms with Crippen LogP contribution in [0.2, 0.25) is 0 Å². The minimum atomic E-state index is -0.504. The van der Waals surface area contributed by atoms with Gasteiger partial charge in [-0.15, -0.1) is 0 Å². The minimum absolute atomic E-state index is 0.167. The highest BCUT2D eigenvalue weighted by Gasteiger charge is 2.13. The Bertz CT molecular complexity index is 637. The van der Waals surface area contributed by atoms with Gasteiger partial charge in [-0.1, -0.05) is 35.4 Å². The normalized spacial score (nSPS) is 9.84. The molecule has 7 heteroatoms. The Labute approximate surface area is 148 Å². The standard InChI is InChI=1S/C18H20B2O5/c1-23-15-7-3-13(4-8-15)11-19-17(21)25-18(22)20-12-14-5-9-16(24-2)10-6-14/h3-10,19-20H,11-12H2,1-2H3. The molecule has 0 aliphatic carbocycles. The lowest BCUT2D eigenvalue weighted by molar-refractivity contribution is 0.183. The van der Waals surface area contributed by atoms with Crippen molar-refractivity contribution >= 4 is 26.3 Å². The lowest BCUT2D eigenvalue weighted by Gasteiger charge is -2.04. The lowest BCUT2D eigenvalue weighted by atomic mass is 9.70. The summed E-state index contributed by atoms with van der Waals surface area (Å²) in [4.78, 5) is 23.5. The summed E-state index contributed by atoms with van der Waals surface area (Å²) >= 11 is 0. The van der Waals surface area contributed by atoms with Crippen molar-refractivity contribution in [3.8, 4) is 11.5 Å². The summed E-state index contributed by atoms with van der Waals surface area (Å²) in [6.45, 7) is 0. The highest BCUT2D eigenvalue weighted by molar-refractivity contribution is 6.77. The van der Waals surface area contributed by atoms with E-state index < -0.39 is 11.7 Å². The van der Waals surface area contributed by atoms with Gasteiger partial charge < -0.3 is 14.2 Å². The number of benzene rings is 2. The molecular weight excluding hydrogens is 318 g/mol. The molecule has 0 N–H and O–H groups in total. The molecule has 2 rings (SSSR count). The van der Waals surface area contributed by atoms with E-state index in [2.05, 4.69) is 0 Å². The lowest BCUT2D eigenvalue weighted by Crippen LogP contribution is -2.22. The SMILES string of the molecule is COc1ccc(CBC(=O)OC(=O)BCc2ccc(OC)cc2)cc1. The maximum Gasteiger partial charge on any atom is 0.265 e. The van der Waals surface area contributed by atoms with Crippen molar-refractivity contribution in [3.05, 3.63) is 59.7 Å². The van der Waals surface area contributed by atoms with Crippen molar-refractivity contribution < 1.29 is 23.8 Å². The van der Waals surface area contributed by atoms with Crippen LogP contribution >= 0.6 is 0 Å². The van der Waals surface area contributed by atoms with E-state index in [1.807, 2.05) is 48.5 Å². The number of methoxy groups -OCH3 is 2. The number of hydrogen-bond donors (Lipinski definition) is 0. The molecule has 0 radical (unpaired) electrons. The quantitative estimate of drug-likeness (QED) is 0.547. The molecule has 0 saturated carbocycles. The molecule has 0 heterocycles. The van der Waals surface area contributed by atoms with Crippen molar-refractivity contribution in [2.75, 3.05) is 14.2 Å². The molecular formula is C18H20B2O5. The van der Waals surface area contributed by atoms with Gasteiger partial charge in [0.15, 0.2) is 0 Å². The average Bonchev–Trinajstić information content (AvgIpc) is 2.65. The summed E-state index contributed by atoms with van der Waals surface area (Å²) in [6, 6.07) is 14.9. The van der Waals surface area contributed by atoms with E-state index in [0.29, 0.717) is 12.6 Å². The third kappa shape index (κ3) is 6.37. The van der Waals surface area contributed by atoms with Gasteiger partial charge in [-0.05, 0) is 36.9 Å².